The van der Waals surface area contributed by atoms with Crippen molar-refractivity contribution in [2.45, 2.75) is 32.5 Å². The molecule has 0 bridgehead atoms. The molecular weight excluding hydrogens is 276 g/mol. The van der Waals surface area contributed by atoms with E-state index in [-0.39, 0.29) is 12.6 Å². The average Bonchev–Trinajstić information content (AvgIpc) is 2.55. The molecule has 0 aliphatic heterocycles. The number of rotatable bonds is 8. The summed E-state index contributed by atoms with van der Waals surface area (Å²) in [6.07, 6.45) is 2.52. The van der Waals surface area contributed by atoms with Crippen LogP contribution < -0.4 is 4.74 Å². The van der Waals surface area contributed by atoms with E-state index in [0.717, 1.165) is 31.0 Å². The van der Waals surface area contributed by atoms with Gasteiger partial charge in [-0.05, 0) is 25.0 Å². The quantitative estimate of drug-likeness (QED) is 0.814. The van der Waals surface area contributed by atoms with Gasteiger partial charge in [0.05, 0.1) is 12.8 Å². The summed E-state index contributed by atoms with van der Waals surface area (Å²) in [6, 6.07) is 14.5. The maximum Gasteiger partial charge on any atom is 0.122 e. The first kappa shape index (κ1) is 16.5. The number of benzene rings is 1. The maximum atomic E-state index is 9.24. The zero-order valence-electron chi connectivity index (χ0n) is 13.3. The van der Waals surface area contributed by atoms with E-state index in [1.165, 1.54) is 5.56 Å². The minimum Gasteiger partial charge on any atom is -0.497 e. The summed E-state index contributed by atoms with van der Waals surface area (Å²) in [5, 5.41) is 9.24. The molecular formula is C18H24N2O2. The summed E-state index contributed by atoms with van der Waals surface area (Å²) in [6.45, 7) is 3.89. The van der Waals surface area contributed by atoms with E-state index in [9.17, 15) is 5.11 Å². The summed E-state index contributed by atoms with van der Waals surface area (Å²) >= 11 is 0. The Kier molecular flexibility index (Phi) is 6.37. The first-order valence-corrected chi connectivity index (χ1v) is 7.60. The van der Waals surface area contributed by atoms with Gasteiger partial charge in [0.2, 0.25) is 0 Å². The topological polar surface area (TPSA) is 45.6 Å². The lowest BCUT2D eigenvalue weighted by Gasteiger charge is -2.28. The molecule has 118 valence electrons. The van der Waals surface area contributed by atoms with Crippen LogP contribution in [0.1, 0.15) is 24.6 Å². The van der Waals surface area contributed by atoms with Crippen LogP contribution in [0.5, 0.6) is 5.75 Å². The Morgan fingerprint density at radius 1 is 1.18 bits per heavy atom. The average molecular weight is 300 g/mol. The number of pyridine rings is 1. The van der Waals surface area contributed by atoms with Crippen molar-refractivity contribution in [1.82, 2.24) is 9.88 Å². The van der Waals surface area contributed by atoms with Crippen molar-refractivity contribution in [3.63, 3.8) is 0 Å². The van der Waals surface area contributed by atoms with Gasteiger partial charge in [0, 0.05) is 38.0 Å². The number of hydrogen-bond donors (Lipinski definition) is 1. The minimum atomic E-state index is 0.192. The van der Waals surface area contributed by atoms with E-state index in [0.29, 0.717) is 0 Å². The number of ether oxygens (including phenoxy) is 1. The Bertz CT molecular complexity index is 560. The smallest absolute Gasteiger partial charge is 0.122 e. The molecule has 2 rings (SSSR count). The van der Waals surface area contributed by atoms with Gasteiger partial charge in [0.15, 0.2) is 0 Å². The van der Waals surface area contributed by atoms with Gasteiger partial charge in [-0.3, -0.25) is 9.88 Å². The lowest BCUT2D eigenvalue weighted by atomic mass is 10.1. The fraction of sp³-hybridized carbons (Fsp3) is 0.389. The zero-order valence-corrected chi connectivity index (χ0v) is 13.3. The van der Waals surface area contributed by atoms with E-state index < -0.39 is 0 Å². The van der Waals surface area contributed by atoms with E-state index in [1.54, 1.807) is 13.3 Å². The van der Waals surface area contributed by atoms with Crippen LogP contribution in [0.2, 0.25) is 0 Å². The van der Waals surface area contributed by atoms with Crippen LogP contribution in [0, 0.1) is 0 Å². The van der Waals surface area contributed by atoms with Crippen LogP contribution in [0.25, 0.3) is 0 Å². The molecule has 1 N–H and O–H groups in total. The predicted octanol–water partition coefficient (Wildman–Crippen LogP) is 2.86. The second kappa shape index (κ2) is 8.51. The molecule has 0 radical (unpaired) electrons. The third-order valence-electron chi connectivity index (χ3n) is 3.79. The van der Waals surface area contributed by atoms with E-state index in [1.807, 2.05) is 30.3 Å². The Morgan fingerprint density at radius 2 is 1.95 bits per heavy atom. The van der Waals surface area contributed by atoms with Gasteiger partial charge in [-0.25, -0.2) is 0 Å². The molecule has 0 fully saturated rings. The SMILES string of the molecule is COc1ccnc(CN(Cc2ccccc2)C(C)CCO)c1. The third-order valence-corrected chi connectivity index (χ3v) is 3.79. The van der Waals surface area contributed by atoms with Crippen molar-refractivity contribution in [1.29, 1.82) is 0 Å². The van der Waals surface area contributed by atoms with Gasteiger partial charge in [-0.15, -0.1) is 0 Å². The zero-order chi connectivity index (χ0) is 15.8. The van der Waals surface area contributed by atoms with Crippen molar-refractivity contribution >= 4 is 0 Å². The highest BCUT2D eigenvalue weighted by Gasteiger charge is 2.15. The Morgan fingerprint density at radius 3 is 2.64 bits per heavy atom. The number of aliphatic hydroxyl groups is 1. The molecule has 4 nitrogen and oxygen atoms in total. The molecule has 0 aliphatic carbocycles. The van der Waals surface area contributed by atoms with Gasteiger partial charge in [-0.2, -0.15) is 0 Å². The largest absolute Gasteiger partial charge is 0.497 e. The number of aliphatic hydroxyl groups excluding tert-OH is 1. The molecule has 0 saturated carbocycles. The maximum absolute atomic E-state index is 9.24. The molecule has 22 heavy (non-hydrogen) atoms. The van der Waals surface area contributed by atoms with Crippen LogP contribution in [-0.4, -0.2) is 34.7 Å². The molecule has 0 saturated heterocycles. The Labute approximate surface area is 132 Å². The lowest BCUT2D eigenvalue weighted by molar-refractivity contribution is 0.151. The van der Waals surface area contributed by atoms with Gasteiger partial charge in [0.1, 0.15) is 5.75 Å². The summed E-state index contributed by atoms with van der Waals surface area (Å²) in [5.41, 5.74) is 2.23. The van der Waals surface area contributed by atoms with Crippen LogP contribution in [0.4, 0.5) is 0 Å². The fourth-order valence-electron chi connectivity index (χ4n) is 2.43. The summed E-state index contributed by atoms with van der Waals surface area (Å²) in [5.74, 6) is 0.819. The number of methoxy groups -OCH3 is 1. The highest BCUT2D eigenvalue weighted by molar-refractivity contribution is 5.22. The molecule has 1 unspecified atom stereocenters. The number of aromatic nitrogens is 1. The summed E-state index contributed by atoms with van der Waals surface area (Å²) < 4.78 is 5.26. The predicted molar refractivity (Wildman–Crippen MR) is 87.6 cm³/mol. The number of hydrogen-bond acceptors (Lipinski definition) is 4. The minimum absolute atomic E-state index is 0.192. The van der Waals surface area contributed by atoms with Crippen molar-refractivity contribution in [3.8, 4) is 5.75 Å². The highest BCUT2D eigenvalue weighted by Crippen LogP contribution is 2.17. The molecule has 1 aromatic heterocycles. The van der Waals surface area contributed by atoms with E-state index in [4.69, 9.17) is 4.74 Å². The monoisotopic (exact) mass is 300 g/mol. The van der Waals surface area contributed by atoms with E-state index in [2.05, 4.69) is 28.9 Å². The Balaban J connectivity index is 2.13. The summed E-state index contributed by atoms with van der Waals surface area (Å²) in [4.78, 5) is 6.75. The molecule has 0 spiro atoms. The van der Waals surface area contributed by atoms with Crippen LogP contribution in [0.15, 0.2) is 48.7 Å². The molecule has 0 aliphatic rings. The normalized spacial score (nSPS) is 12.4. The first-order chi connectivity index (χ1) is 10.7. The van der Waals surface area contributed by atoms with Gasteiger partial charge in [0.25, 0.3) is 0 Å². The molecule has 2 aromatic rings. The van der Waals surface area contributed by atoms with Crippen molar-refractivity contribution in [2.24, 2.45) is 0 Å². The molecule has 0 amide bonds. The van der Waals surface area contributed by atoms with Crippen LogP contribution in [-0.2, 0) is 13.1 Å². The Hall–Kier alpha value is -1.91. The molecule has 1 heterocycles. The highest BCUT2D eigenvalue weighted by atomic mass is 16.5. The van der Waals surface area contributed by atoms with Crippen molar-refractivity contribution < 1.29 is 9.84 Å². The van der Waals surface area contributed by atoms with Crippen LogP contribution in [0.3, 0.4) is 0 Å². The van der Waals surface area contributed by atoms with Gasteiger partial charge >= 0.3 is 0 Å². The molecule has 1 aromatic carbocycles. The number of nitrogens with zero attached hydrogens (tertiary/aromatic N) is 2. The molecule has 4 heteroatoms. The fourth-order valence-corrected chi connectivity index (χ4v) is 2.43. The second-order valence-electron chi connectivity index (χ2n) is 5.44. The van der Waals surface area contributed by atoms with Gasteiger partial charge in [-0.1, -0.05) is 30.3 Å². The van der Waals surface area contributed by atoms with Gasteiger partial charge < -0.3 is 9.84 Å². The first-order valence-electron chi connectivity index (χ1n) is 7.60. The standard InChI is InChI=1S/C18H24N2O2/c1-15(9-11-21)20(13-16-6-4-3-5-7-16)14-17-12-18(22-2)8-10-19-17/h3-8,10,12,15,21H,9,11,13-14H2,1-2H3. The van der Waals surface area contributed by atoms with Crippen LogP contribution >= 0.6 is 0 Å². The van der Waals surface area contributed by atoms with Crippen molar-refractivity contribution in [3.05, 3.63) is 59.9 Å². The second-order valence-corrected chi connectivity index (χ2v) is 5.44. The summed E-state index contributed by atoms with van der Waals surface area (Å²) in [7, 11) is 1.66. The third kappa shape index (κ3) is 4.83. The van der Waals surface area contributed by atoms with E-state index >= 15 is 0 Å². The van der Waals surface area contributed by atoms with Crippen molar-refractivity contribution in [2.75, 3.05) is 13.7 Å². The lowest BCUT2D eigenvalue weighted by Crippen LogP contribution is -2.33. The molecule has 1 atom stereocenters.